The second kappa shape index (κ2) is 6.49. The van der Waals surface area contributed by atoms with Crippen molar-refractivity contribution in [2.24, 2.45) is 0 Å². The van der Waals surface area contributed by atoms with E-state index >= 15 is 0 Å². The molecule has 0 amide bonds. The lowest BCUT2D eigenvalue weighted by Crippen LogP contribution is -2.32. The standard InChI is InChI=1S/C12H23N3O3S/c1-5-9(2)14-19(17,18)12-10(3)13-15(11(12)4)7-6-8-16/h9,14,16H,5-8H2,1-4H3. The van der Waals surface area contributed by atoms with Crippen molar-refractivity contribution in [3.8, 4) is 0 Å². The highest BCUT2D eigenvalue weighted by Crippen LogP contribution is 2.20. The van der Waals surface area contributed by atoms with Crippen LogP contribution in [0.2, 0.25) is 0 Å². The first-order chi connectivity index (χ1) is 8.83. The highest BCUT2D eigenvalue weighted by atomic mass is 32.2. The average molecular weight is 289 g/mol. The summed E-state index contributed by atoms with van der Waals surface area (Å²) in [5.41, 5.74) is 1.10. The largest absolute Gasteiger partial charge is 0.396 e. The van der Waals surface area contributed by atoms with Crippen molar-refractivity contribution < 1.29 is 13.5 Å². The zero-order valence-electron chi connectivity index (χ0n) is 12.0. The Labute approximate surface area is 114 Å². The minimum Gasteiger partial charge on any atom is -0.396 e. The number of nitrogens with zero attached hydrogens (tertiary/aromatic N) is 2. The lowest BCUT2D eigenvalue weighted by Gasteiger charge is -2.12. The Hall–Kier alpha value is -0.920. The maximum absolute atomic E-state index is 12.3. The fraction of sp³-hybridized carbons (Fsp3) is 0.750. The van der Waals surface area contributed by atoms with Crippen molar-refractivity contribution in [2.75, 3.05) is 6.61 Å². The van der Waals surface area contributed by atoms with Gasteiger partial charge in [-0.2, -0.15) is 5.10 Å². The molecule has 1 unspecified atom stereocenters. The smallest absolute Gasteiger partial charge is 0.244 e. The van der Waals surface area contributed by atoms with Gasteiger partial charge in [-0.25, -0.2) is 13.1 Å². The molecule has 0 saturated carbocycles. The number of aryl methyl sites for hydroxylation is 2. The summed E-state index contributed by atoms with van der Waals surface area (Å²) in [5, 5.41) is 13.1. The van der Waals surface area contributed by atoms with E-state index in [4.69, 9.17) is 5.11 Å². The third-order valence-corrected chi connectivity index (χ3v) is 4.92. The average Bonchev–Trinajstić information content (AvgIpc) is 2.61. The number of aliphatic hydroxyl groups excluding tert-OH is 1. The van der Waals surface area contributed by atoms with Crippen LogP contribution in [0.15, 0.2) is 4.90 Å². The Bertz CT molecular complexity index is 523. The molecule has 1 aromatic rings. The third-order valence-electron chi connectivity index (χ3n) is 3.08. The van der Waals surface area contributed by atoms with Crippen molar-refractivity contribution >= 4 is 10.0 Å². The predicted octanol–water partition coefficient (Wildman–Crippen LogP) is 0.959. The molecular weight excluding hydrogens is 266 g/mol. The Morgan fingerprint density at radius 2 is 2.05 bits per heavy atom. The first-order valence-electron chi connectivity index (χ1n) is 6.50. The minimum atomic E-state index is -3.53. The number of sulfonamides is 1. The number of rotatable bonds is 7. The summed E-state index contributed by atoms with van der Waals surface area (Å²) < 4.78 is 28.9. The Morgan fingerprint density at radius 3 is 2.58 bits per heavy atom. The summed E-state index contributed by atoms with van der Waals surface area (Å²) in [7, 11) is -3.53. The number of aromatic nitrogens is 2. The van der Waals surface area contributed by atoms with Crippen LogP contribution in [0.25, 0.3) is 0 Å². The summed E-state index contributed by atoms with van der Waals surface area (Å²) in [4.78, 5) is 0.255. The molecule has 2 N–H and O–H groups in total. The fourth-order valence-electron chi connectivity index (χ4n) is 1.91. The van der Waals surface area contributed by atoms with Crippen LogP contribution in [-0.2, 0) is 16.6 Å². The number of aliphatic hydroxyl groups is 1. The summed E-state index contributed by atoms with van der Waals surface area (Å²) in [6, 6.07) is -0.107. The molecule has 110 valence electrons. The van der Waals surface area contributed by atoms with Crippen LogP contribution in [0.4, 0.5) is 0 Å². The maximum atomic E-state index is 12.3. The van der Waals surface area contributed by atoms with Gasteiger partial charge in [0.25, 0.3) is 0 Å². The molecule has 0 radical (unpaired) electrons. The van der Waals surface area contributed by atoms with Gasteiger partial charge in [-0.3, -0.25) is 4.68 Å². The molecular formula is C12H23N3O3S. The first kappa shape index (κ1) is 16.1. The molecule has 0 aliphatic carbocycles. The van der Waals surface area contributed by atoms with E-state index in [1.54, 1.807) is 18.5 Å². The van der Waals surface area contributed by atoms with Gasteiger partial charge in [-0.1, -0.05) is 6.92 Å². The van der Waals surface area contributed by atoms with Gasteiger partial charge in [-0.05, 0) is 33.6 Å². The lowest BCUT2D eigenvalue weighted by atomic mass is 10.3. The van der Waals surface area contributed by atoms with Crippen LogP contribution in [-0.4, -0.2) is 36.0 Å². The van der Waals surface area contributed by atoms with Crippen molar-refractivity contribution in [1.29, 1.82) is 0 Å². The van der Waals surface area contributed by atoms with Gasteiger partial charge in [0, 0.05) is 19.2 Å². The molecule has 1 atom stereocenters. The number of hydrogen-bond donors (Lipinski definition) is 2. The normalized spacial score (nSPS) is 13.7. The number of nitrogens with one attached hydrogen (secondary N) is 1. The van der Waals surface area contributed by atoms with Gasteiger partial charge < -0.3 is 5.11 Å². The second-order valence-corrected chi connectivity index (χ2v) is 6.38. The lowest BCUT2D eigenvalue weighted by molar-refractivity contribution is 0.276. The van der Waals surface area contributed by atoms with E-state index in [2.05, 4.69) is 9.82 Å². The summed E-state index contributed by atoms with van der Waals surface area (Å²) >= 11 is 0. The maximum Gasteiger partial charge on any atom is 0.244 e. The van der Waals surface area contributed by atoms with E-state index in [0.717, 1.165) is 6.42 Å². The summed E-state index contributed by atoms with van der Waals surface area (Å²) in [5.74, 6) is 0. The molecule has 0 saturated heterocycles. The van der Waals surface area contributed by atoms with E-state index in [1.165, 1.54) is 0 Å². The van der Waals surface area contributed by atoms with Crippen molar-refractivity contribution in [3.05, 3.63) is 11.4 Å². The zero-order chi connectivity index (χ0) is 14.6. The van der Waals surface area contributed by atoms with Crippen LogP contribution >= 0.6 is 0 Å². The second-order valence-electron chi connectivity index (χ2n) is 4.73. The molecule has 1 rings (SSSR count). The topological polar surface area (TPSA) is 84.2 Å². The molecule has 0 spiro atoms. The van der Waals surface area contributed by atoms with E-state index in [1.807, 2.05) is 13.8 Å². The third kappa shape index (κ3) is 3.77. The molecule has 7 heteroatoms. The molecule has 6 nitrogen and oxygen atoms in total. The molecule has 0 bridgehead atoms. The highest BCUT2D eigenvalue weighted by molar-refractivity contribution is 7.89. The van der Waals surface area contributed by atoms with Crippen molar-refractivity contribution in [2.45, 2.75) is 58.0 Å². The van der Waals surface area contributed by atoms with Gasteiger partial charge in [0.2, 0.25) is 10.0 Å². The van der Waals surface area contributed by atoms with Gasteiger partial charge in [0.15, 0.2) is 0 Å². The molecule has 0 aromatic carbocycles. The zero-order valence-corrected chi connectivity index (χ0v) is 12.8. The van der Waals surface area contributed by atoms with Crippen LogP contribution in [0, 0.1) is 13.8 Å². The van der Waals surface area contributed by atoms with Crippen LogP contribution < -0.4 is 4.72 Å². The van der Waals surface area contributed by atoms with Crippen molar-refractivity contribution in [1.82, 2.24) is 14.5 Å². The van der Waals surface area contributed by atoms with E-state index in [0.29, 0.717) is 24.4 Å². The Kier molecular flexibility index (Phi) is 5.51. The van der Waals surface area contributed by atoms with E-state index < -0.39 is 10.0 Å². The van der Waals surface area contributed by atoms with Crippen molar-refractivity contribution in [3.63, 3.8) is 0 Å². The first-order valence-corrected chi connectivity index (χ1v) is 7.99. The van der Waals surface area contributed by atoms with Gasteiger partial charge >= 0.3 is 0 Å². The SMILES string of the molecule is CCC(C)NS(=O)(=O)c1c(C)nn(CCCO)c1C. The molecule has 0 aliphatic rings. The minimum absolute atomic E-state index is 0.0611. The van der Waals surface area contributed by atoms with Crippen LogP contribution in [0.1, 0.15) is 38.1 Å². The fourth-order valence-corrected chi connectivity index (χ4v) is 3.65. The summed E-state index contributed by atoms with van der Waals surface area (Å²) in [6.45, 7) is 7.76. The molecule has 0 aliphatic heterocycles. The van der Waals surface area contributed by atoms with Gasteiger partial charge in [-0.15, -0.1) is 0 Å². The Balaban J connectivity index is 3.09. The monoisotopic (exact) mass is 289 g/mol. The molecule has 1 heterocycles. The van der Waals surface area contributed by atoms with E-state index in [-0.39, 0.29) is 17.5 Å². The highest BCUT2D eigenvalue weighted by Gasteiger charge is 2.25. The predicted molar refractivity (Wildman–Crippen MR) is 73.5 cm³/mol. The Morgan fingerprint density at radius 1 is 1.42 bits per heavy atom. The van der Waals surface area contributed by atoms with Gasteiger partial charge in [0.1, 0.15) is 4.90 Å². The molecule has 19 heavy (non-hydrogen) atoms. The summed E-state index contributed by atoms with van der Waals surface area (Å²) in [6.07, 6.45) is 1.29. The molecule has 1 aromatic heterocycles. The quantitative estimate of drug-likeness (QED) is 0.783. The van der Waals surface area contributed by atoms with Gasteiger partial charge in [0.05, 0.1) is 11.4 Å². The van der Waals surface area contributed by atoms with E-state index in [9.17, 15) is 8.42 Å². The molecule has 0 fully saturated rings. The number of hydrogen-bond acceptors (Lipinski definition) is 4. The van der Waals surface area contributed by atoms with Crippen LogP contribution in [0.5, 0.6) is 0 Å². The van der Waals surface area contributed by atoms with Crippen LogP contribution in [0.3, 0.4) is 0 Å².